The van der Waals surface area contributed by atoms with Crippen LogP contribution in [0.3, 0.4) is 0 Å². The Labute approximate surface area is 189 Å². The SMILES string of the molecule is CC1(C)CC(=O)c2c(O)cc(OCC(=O)N[C@@H](Cc3c[nH]c4ccccc34)C(=O)O)cc2O1. The van der Waals surface area contributed by atoms with Crippen molar-refractivity contribution in [3.63, 3.8) is 0 Å². The molecule has 0 aliphatic carbocycles. The van der Waals surface area contributed by atoms with Gasteiger partial charge in [0.2, 0.25) is 0 Å². The quantitative estimate of drug-likeness (QED) is 0.432. The van der Waals surface area contributed by atoms with Crippen LogP contribution in [0.5, 0.6) is 17.2 Å². The van der Waals surface area contributed by atoms with Gasteiger partial charge in [-0.1, -0.05) is 18.2 Å². The molecule has 4 N–H and O–H groups in total. The van der Waals surface area contributed by atoms with E-state index in [4.69, 9.17) is 9.47 Å². The maximum absolute atomic E-state index is 12.4. The van der Waals surface area contributed by atoms with Crippen LogP contribution < -0.4 is 14.8 Å². The molecular formula is C24H24N2O7. The first kappa shape index (κ1) is 22.2. The van der Waals surface area contributed by atoms with Crippen molar-refractivity contribution in [1.82, 2.24) is 10.3 Å². The fraction of sp³-hybridized carbons (Fsp3) is 0.292. The fourth-order valence-corrected chi connectivity index (χ4v) is 3.93. The number of aromatic hydroxyl groups is 1. The second-order valence-electron chi connectivity index (χ2n) is 8.59. The van der Waals surface area contributed by atoms with E-state index in [0.717, 1.165) is 16.5 Å². The molecule has 2 aromatic carbocycles. The number of H-pyrrole nitrogens is 1. The number of phenols is 1. The highest BCUT2D eigenvalue weighted by Gasteiger charge is 2.35. The van der Waals surface area contributed by atoms with E-state index in [1.54, 1.807) is 20.0 Å². The third-order valence-corrected chi connectivity index (χ3v) is 5.41. The fourth-order valence-electron chi connectivity index (χ4n) is 3.93. The summed E-state index contributed by atoms with van der Waals surface area (Å²) < 4.78 is 11.2. The Kier molecular flexibility index (Phi) is 5.71. The van der Waals surface area contributed by atoms with Crippen LogP contribution in [0.25, 0.3) is 10.9 Å². The van der Waals surface area contributed by atoms with Crippen molar-refractivity contribution in [2.24, 2.45) is 0 Å². The molecule has 0 unspecified atom stereocenters. The zero-order chi connectivity index (χ0) is 23.8. The molecule has 9 heteroatoms. The molecule has 0 radical (unpaired) electrons. The van der Waals surface area contributed by atoms with E-state index in [9.17, 15) is 24.6 Å². The molecule has 0 saturated heterocycles. The Hall–Kier alpha value is -4.01. The van der Waals surface area contributed by atoms with Crippen molar-refractivity contribution in [2.75, 3.05) is 6.61 Å². The molecule has 1 aliphatic heterocycles. The molecule has 0 bridgehead atoms. The van der Waals surface area contributed by atoms with Crippen LogP contribution in [0, 0.1) is 0 Å². The van der Waals surface area contributed by atoms with Gasteiger partial charge in [-0.3, -0.25) is 9.59 Å². The number of ether oxygens (including phenoxy) is 2. The Morgan fingerprint density at radius 1 is 1.27 bits per heavy atom. The number of phenolic OH excluding ortho intramolecular Hbond substituents is 1. The Morgan fingerprint density at radius 2 is 2.03 bits per heavy atom. The van der Waals surface area contributed by atoms with Gasteiger partial charge in [-0.05, 0) is 25.5 Å². The Bertz CT molecular complexity index is 1240. The van der Waals surface area contributed by atoms with Gasteiger partial charge in [0, 0.05) is 35.7 Å². The molecular weight excluding hydrogens is 428 g/mol. The van der Waals surface area contributed by atoms with E-state index in [2.05, 4.69) is 10.3 Å². The van der Waals surface area contributed by atoms with E-state index in [-0.39, 0.29) is 41.4 Å². The van der Waals surface area contributed by atoms with Gasteiger partial charge in [-0.2, -0.15) is 0 Å². The maximum atomic E-state index is 12.4. The van der Waals surface area contributed by atoms with Crippen LogP contribution >= 0.6 is 0 Å². The van der Waals surface area contributed by atoms with Gasteiger partial charge in [-0.15, -0.1) is 0 Å². The number of ketones is 1. The molecule has 1 amide bonds. The van der Waals surface area contributed by atoms with E-state index >= 15 is 0 Å². The molecule has 33 heavy (non-hydrogen) atoms. The van der Waals surface area contributed by atoms with E-state index in [1.165, 1.54) is 12.1 Å². The van der Waals surface area contributed by atoms with Gasteiger partial charge in [0.15, 0.2) is 12.4 Å². The standard InChI is InChI=1S/C24H24N2O7/c1-24(2)10-19(28)22-18(27)8-14(9-20(22)33-24)32-12-21(29)26-17(23(30)31)7-13-11-25-16-6-4-3-5-15(13)16/h3-6,8-9,11,17,25,27H,7,10,12H2,1-2H3,(H,26,29)(H,30,31)/t17-/m0/s1. The van der Waals surface area contributed by atoms with Crippen molar-refractivity contribution in [2.45, 2.75) is 38.3 Å². The number of nitrogens with one attached hydrogen (secondary N) is 2. The van der Waals surface area contributed by atoms with Crippen LogP contribution in [0.15, 0.2) is 42.6 Å². The number of rotatable bonds is 7. The van der Waals surface area contributed by atoms with E-state index in [0.29, 0.717) is 0 Å². The number of hydrogen-bond donors (Lipinski definition) is 4. The summed E-state index contributed by atoms with van der Waals surface area (Å²) >= 11 is 0. The largest absolute Gasteiger partial charge is 0.507 e. The van der Waals surface area contributed by atoms with Crippen LogP contribution in [0.2, 0.25) is 0 Å². The summed E-state index contributed by atoms with van der Waals surface area (Å²) in [6.45, 7) is 3.03. The summed E-state index contributed by atoms with van der Waals surface area (Å²) in [5, 5.41) is 23.2. The summed E-state index contributed by atoms with van der Waals surface area (Å²) in [5.41, 5.74) is 0.991. The van der Waals surface area contributed by atoms with Crippen molar-refractivity contribution in [1.29, 1.82) is 0 Å². The zero-order valence-corrected chi connectivity index (χ0v) is 18.2. The van der Waals surface area contributed by atoms with Gasteiger partial charge < -0.3 is 30.0 Å². The molecule has 172 valence electrons. The predicted octanol–water partition coefficient (Wildman–Crippen LogP) is 2.81. The molecule has 2 heterocycles. The summed E-state index contributed by atoms with van der Waals surface area (Å²) in [6, 6.07) is 8.99. The minimum Gasteiger partial charge on any atom is -0.507 e. The summed E-state index contributed by atoms with van der Waals surface area (Å²) in [7, 11) is 0. The number of aromatic nitrogens is 1. The van der Waals surface area contributed by atoms with Crippen molar-refractivity contribution < 1.29 is 34.1 Å². The third-order valence-electron chi connectivity index (χ3n) is 5.41. The van der Waals surface area contributed by atoms with Crippen LogP contribution in [-0.4, -0.2) is 51.1 Å². The number of para-hydroxylation sites is 1. The summed E-state index contributed by atoms with van der Waals surface area (Å²) in [6.07, 6.45) is 1.95. The summed E-state index contributed by atoms with van der Waals surface area (Å²) in [4.78, 5) is 39.5. The first-order valence-electron chi connectivity index (χ1n) is 10.4. The maximum Gasteiger partial charge on any atom is 0.326 e. The number of benzene rings is 2. The highest BCUT2D eigenvalue weighted by Crippen LogP contribution is 2.40. The highest BCUT2D eigenvalue weighted by molar-refractivity contribution is 6.03. The van der Waals surface area contributed by atoms with Gasteiger partial charge in [-0.25, -0.2) is 4.79 Å². The number of aliphatic carboxylic acids is 1. The lowest BCUT2D eigenvalue weighted by Crippen LogP contribution is -2.44. The first-order chi connectivity index (χ1) is 15.6. The van der Waals surface area contributed by atoms with E-state index in [1.807, 2.05) is 24.3 Å². The molecule has 1 atom stereocenters. The minimum atomic E-state index is -1.17. The second kappa shape index (κ2) is 8.50. The van der Waals surface area contributed by atoms with Crippen molar-refractivity contribution in [3.05, 3.63) is 53.7 Å². The topological polar surface area (TPSA) is 138 Å². The molecule has 1 aromatic heterocycles. The Balaban J connectivity index is 1.42. The summed E-state index contributed by atoms with van der Waals surface area (Å²) in [5.74, 6) is -2.06. The molecule has 0 saturated carbocycles. The first-order valence-corrected chi connectivity index (χ1v) is 10.4. The number of aromatic amines is 1. The lowest BCUT2D eigenvalue weighted by atomic mass is 9.92. The van der Waals surface area contributed by atoms with Crippen molar-refractivity contribution >= 4 is 28.6 Å². The molecule has 0 spiro atoms. The normalized spacial score (nSPS) is 15.4. The number of carbonyl (C=O) groups is 3. The van der Waals surface area contributed by atoms with E-state index < -0.39 is 30.1 Å². The number of carboxylic acid groups (broad SMARTS) is 1. The van der Waals surface area contributed by atoms with Gasteiger partial charge >= 0.3 is 5.97 Å². The smallest absolute Gasteiger partial charge is 0.326 e. The molecule has 0 fully saturated rings. The number of carbonyl (C=O) groups excluding carboxylic acids is 2. The molecule has 4 rings (SSSR count). The number of carboxylic acids is 1. The van der Waals surface area contributed by atoms with Crippen LogP contribution in [0.4, 0.5) is 0 Å². The van der Waals surface area contributed by atoms with Gasteiger partial charge in [0.25, 0.3) is 5.91 Å². The number of Topliss-reactive ketones (excluding diaryl/α,β-unsaturated/α-hetero) is 1. The molecule has 1 aliphatic rings. The van der Waals surface area contributed by atoms with Crippen LogP contribution in [0.1, 0.15) is 36.2 Å². The van der Waals surface area contributed by atoms with Gasteiger partial charge in [0.1, 0.15) is 34.5 Å². The number of amides is 1. The monoisotopic (exact) mass is 452 g/mol. The van der Waals surface area contributed by atoms with Crippen molar-refractivity contribution in [3.8, 4) is 17.2 Å². The Morgan fingerprint density at radius 3 is 2.79 bits per heavy atom. The molecule has 9 nitrogen and oxygen atoms in total. The average Bonchev–Trinajstić information content (AvgIpc) is 3.13. The lowest BCUT2D eigenvalue weighted by molar-refractivity contribution is -0.142. The van der Waals surface area contributed by atoms with Gasteiger partial charge in [0.05, 0.1) is 6.42 Å². The number of hydrogen-bond acceptors (Lipinski definition) is 6. The zero-order valence-electron chi connectivity index (χ0n) is 18.2. The molecule has 3 aromatic rings. The predicted molar refractivity (Wildman–Crippen MR) is 119 cm³/mol. The second-order valence-corrected chi connectivity index (χ2v) is 8.59. The van der Waals surface area contributed by atoms with Crippen LogP contribution in [-0.2, 0) is 16.0 Å². The highest BCUT2D eigenvalue weighted by atomic mass is 16.5. The third kappa shape index (κ3) is 4.77. The lowest BCUT2D eigenvalue weighted by Gasteiger charge is -2.32. The average molecular weight is 452 g/mol. The minimum absolute atomic E-state index is 0.0794. The number of fused-ring (bicyclic) bond motifs is 2.